The second kappa shape index (κ2) is 3.48. The summed E-state index contributed by atoms with van der Waals surface area (Å²) in [4.78, 5) is 13.2. The fourth-order valence-corrected chi connectivity index (χ4v) is 2.39. The lowest BCUT2D eigenvalue weighted by Crippen LogP contribution is -2.56. The zero-order valence-corrected chi connectivity index (χ0v) is 9.41. The van der Waals surface area contributed by atoms with Gasteiger partial charge in [0.05, 0.1) is 5.41 Å². The molecule has 1 aromatic heterocycles. The van der Waals surface area contributed by atoms with Gasteiger partial charge in [0.1, 0.15) is 5.78 Å². The summed E-state index contributed by atoms with van der Waals surface area (Å²) >= 11 is 1.71. The molecule has 0 spiro atoms. The molecule has 1 aliphatic heterocycles. The second-order valence-corrected chi connectivity index (χ2v) is 5.45. The number of carbonyl (C=O) groups excluding carboxylic acids is 1. The molecule has 0 aromatic carbocycles. The maximum Gasteiger partial charge on any atom is 0.145 e. The maximum atomic E-state index is 11.9. The van der Waals surface area contributed by atoms with E-state index >= 15 is 0 Å². The Morgan fingerprint density at radius 2 is 2.36 bits per heavy atom. The van der Waals surface area contributed by atoms with Crippen molar-refractivity contribution in [1.29, 1.82) is 0 Å². The van der Waals surface area contributed by atoms with Crippen molar-refractivity contribution >= 4 is 17.1 Å². The van der Waals surface area contributed by atoms with Crippen molar-refractivity contribution in [3.05, 3.63) is 21.9 Å². The fraction of sp³-hybridized carbons (Fsp3) is 0.545. The molecule has 2 heterocycles. The number of nitrogens with one attached hydrogen (secondary N) is 1. The Balaban J connectivity index is 2.01. The third-order valence-electron chi connectivity index (χ3n) is 2.85. The lowest BCUT2D eigenvalue weighted by molar-refractivity contribution is -0.129. The molecule has 0 saturated carbocycles. The van der Waals surface area contributed by atoms with E-state index in [2.05, 4.69) is 23.7 Å². The van der Waals surface area contributed by atoms with E-state index in [1.165, 1.54) is 10.4 Å². The van der Waals surface area contributed by atoms with Gasteiger partial charge < -0.3 is 5.32 Å². The topological polar surface area (TPSA) is 29.1 Å². The summed E-state index contributed by atoms with van der Waals surface area (Å²) in [6.45, 7) is 5.81. The van der Waals surface area contributed by atoms with Crippen LogP contribution in [-0.2, 0) is 11.2 Å². The third-order valence-corrected chi connectivity index (χ3v) is 3.76. The third kappa shape index (κ3) is 1.74. The number of aryl methyl sites for hydroxylation is 1. The molecule has 0 atom stereocenters. The summed E-state index contributed by atoms with van der Waals surface area (Å²) in [5.41, 5.74) is 1.07. The lowest BCUT2D eigenvalue weighted by Gasteiger charge is -2.37. The molecule has 2 nitrogen and oxygen atoms in total. The van der Waals surface area contributed by atoms with Crippen molar-refractivity contribution in [2.45, 2.75) is 20.3 Å². The van der Waals surface area contributed by atoms with Crippen LogP contribution in [0.15, 0.2) is 11.4 Å². The Morgan fingerprint density at radius 3 is 2.79 bits per heavy atom. The number of Topliss-reactive ketones (excluding diaryl/α,β-unsaturated/α-hetero) is 1. The van der Waals surface area contributed by atoms with Gasteiger partial charge in [0.15, 0.2) is 0 Å². The zero-order chi connectivity index (χ0) is 10.2. The van der Waals surface area contributed by atoms with Crippen LogP contribution in [0.5, 0.6) is 0 Å². The van der Waals surface area contributed by atoms with Crippen molar-refractivity contribution in [2.24, 2.45) is 5.41 Å². The Kier molecular flexibility index (Phi) is 2.45. The summed E-state index contributed by atoms with van der Waals surface area (Å²) < 4.78 is 0. The predicted molar refractivity (Wildman–Crippen MR) is 58.7 cm³/mol. The molecule has 3 heteroatoms. The standard InChI is InChI=1S/C11H15NOS/c1-8-3-9(5-14-8)4-10(13)11(2)6-12-7-11/h3,5,12H,4,6-7H2,1-2H3. The molecule has 76 valence electrons. The van der Waals surface area contributed by atoms with E-state index in [9.17, 15) is 4.79 Å². The average Bonchev–Trinajstić information content (AvgIpc) is 2.47. The SMILES string of the molecule is Cc1cc(CC(=O)C2(C)CNC2)cs1. The predicted octanol–water partition coefficient (Wildman–Crippen LogP) is 1.78. The first-order valence-electron chi connectivity index (χ1n) is 4.88. The van der Waals surface area contributed by atoms with Crippen molar-refractivity contribution in [1.82, 2.24) is 5.32 Å². The average molecular weight is 209 g/mol. The largest absolute Gasteiger partial charge is 0.315 e. The van der Waals surface area contributed by atoms with Crippen molar-refractivity contribution < 1.29 is 4.79 Å². The highest BCUT2D eigenvalue weighted by atomic mass is 32.1. The van der Waals surface area contributed by atoms with Gasteiger partial charge in [-0.25, -0.2) is 0 Å². The molecule has 1 saturated heterocycles. The number of thiophene rings is 1. The van der Waals surface area contributed by atoms with Crippen LogP contribution in [0.1, 0.15) is 17.4 Å². The summed E-state index contributed by atoms with van der Waals surface area (Å²) in [5.74, 6) is 0.369. The number of rotatable bonds is 3. The Bertz CT molecular complexity index is 352. The fourth-order valence-electron chi connectivity index (χ4n) is 1.69. The van der Waals surface area contributed by atoms with Crippen LogP contribution in [-0.4, -0.2) is 18.9 Å². The van der Waals surface area contributed by atoms with Gasteiger partial charge in [0.25, 0.3) is 0 Å². The van der Waals surface area contributed by atoms with Crippen LogP contribution >= 0.6 is 11.3 Å². The van der Waals surface area contributed by atoms with Crippen LogP contribution in [0, 0.1) is 12.3 Å². The van der Waals surface area contributed by atoms with Crippen molar-refractivity contribution in [3.63, 3.8) is 0 Å². The zero-order valence-electron chi connectivity index (χ0n) is 8.59. The first-order chi connectivity index (χ1) is 6.60. The van der Waals surface area contributed by atoms with E-state index in [-0.39, 0.29) is 5.41 Å². The molecule has 1 aliphatic rings. The quantitative estimate of drug-likeness (QED) is 0.822. The maximum absolute atomic E-state index is 11.9. The molecule has 0 amide bonds. The van der Waals surface area contributed by atoms with Gasteiger partial charge in [0.2, 0.25) is 0 Å². The first-order valence-corrected chi connectivity index (χ1v) is 5.76. The smallest absolute Gasteiger partial charge is 0.145 e. The first kappa shape index (κ1) is 9.87. The molecule has 1 N–H and O–H groups in total. The van der Waals surface area contributed by atoms with Gasteiger partial charge in [-0.1, -0.05) is 6.92 Å². The lowest BCUT2D eigenvalue weighted by atomic mass is 9.78. The number of ketones is 1. The summed E-state index contributed by atoms with van der Waals surface area (Å²) in [6, 6.07) is 2.11. The minimum Gasteiger partial charge on any atom is -0.315 e. The Hall–Kier alpha value is -0.670. The minimum absolute atomic E-state index is 0.101. The molecular weight excluding hydrogens is 194 g/mol. The molecule has 2 rings (SSSR count). The van der Waals surface area contributed by atoms with E-state index < -0.39 is 0 Å². The Labute approximate surface area is 88.3 Å². The Morgan fingerprint density at radius 1 is 1.64 bits per heavy atom. The second-order valence-electron chi connectivity index (χ2n) is 4.33. The molecule has 1 fully saturated rings. The van der Waals surface area contributed by atoms with E-state index in [1.807, 2.05) is 6.92 Å². The highest BCUT2D eigenvalue weighted by Crippen LogP contribution is 2.25. The summed E-state index contributed by atoms with van der Waals surface area (Å²) in [6.07, 6.45) is 0.600. The highest BCUT2D eigenvalue weighted by molar-refractivity contribution is 7.10. The number of carbonyl (C=O) groups is 1. The molecular formula is C11H15NOS. The van der Waals surface area contributed by atoms with E-state index in [1.54, 1.807) is 11.3 Å². The molecule has 1 aromatic rings. The van der Waals surface area contributed by atoms with Gasteiger partial charge in [-0.3, -0.25) is 4.79 Å². The summed E-state index contributed by atoms with van der Waals surface area (Å²) in [7, 11) is 0. The molecule has 0 radical (unpaired) electrons. The van der Waals surface area contributed by atoms with Crippen molar-refractivity contribution in [2.75, 3.05) is 13.1 Å². The number of hydrogen-bond acceptors (Lipinski definition) is 3. The highest BCUT2D eigenvalue weighted by Gasteiger charge is 2.38. The summed E-state index contributed by atoms with van der Waals surface area (Å²) in [5, 5.41) is 5.24. The van der Waals surface area contributed by atoms with Gasteiger partial charge in [-0.15, -0.1) is 11.3 Å². The monoisotopic (exact) mass is 209 g/mol. The molecule has 14 heavy (non-hydrogen) atoms. The van der Waals surface area contributed by atoms with Crippen LogP contribution in [0.25, 0.3) is 0 Å². The van der Waals surface area contributed by atoms with Crippen molar-refractivity contribution in [3.8, 4) is 0 Å². The van der Waals surface area contributed by atoms with Gasteiger partial charge in [-0.05, 0) is 23.9 Å². The van der Waals surface area contributed by atoms with E-state index in [4.69, 9.17) is 0 Å². The van der Waals surface area contributed by atoms with Crippen LogP contribution in [0.4, 0.5) is 0 Å². The van der Waals surface area contributed by atoms with E-state index in [0.717, 1.165) is 13.1 Å². The van der Waals surface area contributed by atoms with Gasteiger partial charge >= 0.3 is 0 Å². The van der Waals surface area contributed by atoms with Gasteiger partial charge in [0, 0.05) is 24.4 Å². The molecule has 0 aliphatic carbocycles. The minimum atomic E-state index is -0.101. The normalized spacial score (nSPS) is 19.0. The molecule has 0 bridgehead atoms. The molecule has 0 unspecified atom stereocenters. The van der Waals surface area contributed by atoms with Crippen LogP contribution < -0.4 is 5.32 Å². The van der Waals surface area contributed by atoms with Crippen LogP contribution in [0.3, 0.4) is 0 Å². The number of hydrogen-bond donors (Lipinski definition) is 1. The van der Waals surface area contributed by atoms with Crippen LogP contribution in [0.2, 0.25) is 0 Å². The van der Waals surface area contributed by atoms with E-state index in [0.29, 0.717) is 12.2 Å². The van der Waals surface area contributed by atoms with Gasteiger partial charge in [-0.2, -0.15) is 0 Å².